The lowest BCUT2D eigenvalue weighted by molar-refractivity contribution is 0.506. The van der Waals surface area contributed by atoms with Gasteiger partial charge in [0, 0.05) is 0 Å². The van der Waals surface area contributed by atoms with E-state index in [0.717, 1.165) is 5.56 Å². The van der Waals surface area contributed by atoms with E-state index in [4.69, 9.17) is 32.9 Å². The van der Waals surface area contributed by atoms with E-state index in [1.165, 1.54) is 0 Å². The van der Waals surface area contributed by atoms with Crippen LogP contribution in [-0.4, -0.2) is 4.98 Å². The van der Waals surface area contributed by atoms with Crippen molar-refractivity contribution in [3.05, 3.63) is 45.6 Å². The summed E-state index contributed by atoms with van der Waals surface area (Å²) in [7, 11) is 0. The number of nitrogens with zero attached hydrogens (tertiary/aromatic N) is 2. The first-order chi connectivity index (χ1) is 8.60. The highest BCUT2D eigenvalue weighted by atomic mass is 35.5. The maximum atomic E-state index is 8.65. The number of nitriles is 1. The van der Waals surface area contributed by atoms with E-state index < -0.39 is 0 Å². The van der Waals surface area contributed by atoms with Crippen LogP contribution in [0.15, 0.2) is 22.6 Å². The summed E-state index contributed by atoms with van der Waals surface area (Å²) < 4.78 is 5.24. The third kappa shape index (κ3) is 2.76. The molecule has 0 amide bonds. The molecule has 0 spiro atoms. The van der Waals surface area contributed by atoms with Gasteiger partial charge in [-0.2, -0.15) is 5.26 Å². The van der Waals surface area contributed by atoms with E-state index in [2.05, 4.69) is 10.3 Å². The van der Waals surface area contributed by atoms with Crippen LogP contribution in [0.1, 0.15) is 17.1 Å². The minimum atomic E-state index is 0.281. The number of aryl methyl sites for hydroxylation is 1. The molecule has 0 unspecified atom stereocenters. The molecule has 2 heterocycles. The van der Waals surface area contributed by atoms with Crippen LogP contribution in [0, 0.1) is 18.3 Å². The summed E-state index contributed by atoms with van der Waals surface area (Å²) in [4.78, 5) is 3.95. The Bertz CT molecular complexity index is 593. The first-order valence-corrected chi connectivity index (χ1v) is 5.91. The van der Waals surface area contributed by atoms with Crippen molar-refractivity contribution in [1.29, 1.82) is 5.26 Å². The molecule has 2 rings (SSSR count). The quantitative estimate of drug-likeness (QED) is 0.870. The van der Waals surface area contributed by atoms with Crippen LogP contribution < -0.4 is 5.32 Å². The van der Waals surface area contributed by atoms with Gasteiger partial charge in [-0.3, -0.25) is 0 Å². The summed E-state index contributed by atoms with van der Waals surface area (Å²) in [5, 5.41) is 12.4. The van der Waals surface area contributed by atoms with Gasteiger partial charge in [0.05, 0.1) is 12.2 Å². The van der Waals surface area contributed by atoms with Crippen LogP contribution in [0.4, 0.5) is 5.69 Å². The zero-order valence-electron chi connectivity index (χ0n) is 9.50. The molecule has 18 heavy (non-hydrogen) atoms. The molecule has 0 aromatic carbocycles. The molecule has 0 aliphatic heterocycles. The lowest BCUT2D eigenvalue weighted by atomic mass is 10.2. The van der Waals surface area contributed by atoms with Gasteiger partial charge in [0.2, 0.25) is 5.76 Å². The number of furan rings is 1. The van der Waals surface area contributed by atoms with E-state index >= 15 is 0 Å². The molecule has 6 heteroatoms. The SMILES string of the molecule is Cc1cc(Cl)nc(Cl)c1NCc1ccc(C#N)o1. The van der Waals surface area contributed by atoms with Crippen LogP contribution in [0.2, 0.25) is 10.3 Å². The summed E-state index contributed by atoms with van der Waals surface area (Å²) in [5.74, 6) is 0.931. The van der Waals surface area contributed by atoms with Gasteiger partial charge >= 0.3 is 0 Å². The van der Waals surface area contributed by atoms with Crippen molar-refractivity contribution >= 4 is 28.9 Å². The highest BCUT2D eigenvalue weighted by molar-refractivity contribution is 6.34. The van der Waals surface area contributed by atoms with E-state index in [1.807, 2.05) is 13.0 Å². The van der Waals surface area contributed by atoms with Gasteiger partial charge in [-0.05, 0) is 30.7 Å². The van der Waals surface area contributed by atoms with Crippen LogP contribution in [0.5, 0.6) is 0 Å². The summed E-state index contributed by atoms with van der Waals surface area (Å²) in [6.07, 6.45) is 0. The molecule has 1 N–H and O–H groups in total. The second kappa shape index (κ2) is 5.30. The maximum absolute atomic E-state index is 8.65. The minimum Gasteiger partial charge on any atom is -0.449 e. The average Bonchev–Trinajstić information content (AvgIpc) is 2.75. The van der Waals surface area contributed by atoms with Gasteiger partial charge in [0.25, 0.3) is 0 Å². The summed E-state index contributed by atoms with van der Waals surface area (Å²) in [6, 6.07) is 7.00. The lowest BCUT2D eigenvalue weighted by Gasteiger charge is -2.09. The van der Waals surface area contributed by atoms with Gasteiger partial charge in [-0.25, -0.2) is 4.98 Å². The topological polar surface area (TPSA) is 61.9 Å². The second-order valence-corrected chi connectivity index (χ2v) is 4.40. The van der Waals surface area contributed by atoms with Gasteiger partial charge < -0.3 is 9.73 Å². The third-order valence-corrected chi connectivity index (χ3v) is 2.82. The summed E-state index contributed by atoms with van der Waals surface area (Å²) in [6.45, 7) is 2.30. The number of nitrogens with one attached hydrogen (secondary N) is 1. The van der Waals surface area contributed by atoms with Crippen molar-refractivity contribution < 1.29 is 4.42 Å². The Balaban J connectivity index is 2.13. The Morgan fingerprint density at radius 1 is 1.44 bits per heavy atom. The lowest BCUT2D eigenvalue weighted by Crippen LogP contribution is -2.02. The van der Waals surface area contributed by atoms with Crippen molar-refractivity contribution in [3.63, 3.8) is 0 Å². The van der Waals surface area contributed by atoms with Gasteiger partial charge in [-0.1, -0.05) is 23.2 Å². The predicted molar refractivity (Wildman–Crippen MR) is 69.7 cm³/mol. The van der Waals surface area contributed by atoms with Crippen LogP contribution in [0.25, 0.3) is 0 Å². The number of hydrogen-bond acceptors (Lipinski definition) is 4. The molecular weight excluding hydrogens is 273 g/mol. The molecule has 2 aromatic rings. The molecule has 0 saturated heterocycles. The monoisotopic (exact) mass is 281 g/mol. The number of hydrogen-bond donors (Lipinski definition) is 1. The maximum Gasteiger partial charge on any atom is 0.203 e. The Morgan fingerprint density at radius 3 is 2.83 bits per heavy atom. The number of anilines is 1. The smallest absolute Gasteiger partial charge is 0.203 e. The standard InChI is InChI=1S/C12H9Cl2N3O/c1-7-4-10(13)17-12(14)11(7)16-6-9-3-2-8(5-15)18-9/h2-4,16H,6H2,1H3. The second-order valence-electron chi connectivity index (χ2n) is 3.66. The Morgan fingerprint density at radius 2 is 2.22 bits per heavy atom. The van der Waals surface area contributed by atoms with E-state index in [9.17, 15) is 0 Å². The Kier molecular flexibility index (Phi) is 3.75. The van der Waals surface area contributed by atoms with Crippen molar-refractivity contribution in [2.75, 3.05) is 5.32 Å². The average molecular weight is 282 g/mol. The first-order valence-electron chi connectivity index (χ1n) is 5.15. The number of rotatable bonds is 3. The fraction of sp³-hybridized carbons (Fsp3) is 0.167. The normalized spacial score (nSPS) is 10.1. The van der Waals surface area contributed by atoms with Crippen molar-refractivity contribution in [3.8, 4) is 6.07 Å². The minimum absolute atomic E-state index is 0.281. The molecule has 0 radical (unpaired) electrons. The highest BCUT2D eigenvalue weighted by Gasteiger charge is 2.08. The molecule has 0 fully saturated rings. The molecule has 0 bridgehead atoms. The Hall–Kier alpha value is -1.70. The molecule has 0 aliphatic rings. The number of halogens is 2. The van der Waals surface area contributed by atoms with Gasteiger partial charge in [0.1, 0.15) is 17.0 Å². The molecule has 92 valence electrons. The molecule has 4 nitrogen and oxygen atoms in total. The molecule has 0 aliphatic carbocycles. The van der Waals surface area contributed by atoms with Crippen LogP contribution in [-0.2, 0) is 6.54 Å². The van der Waals surface area contributed by atoms with Crippen LogP contribution in [0.3, 0.4) is 0 Å². The molecule has 0 atom stereocenters. The predicted octanol–water partition coefficient (Wildman–Crippen LogP) is 3.77. The van der Waals surface area contributed by atoms with Crippen molar-refractivity contribution in [2.24, 2.45) is 0 Å². The molecule has 0 saturated carbocycles. The first kappa shape index (κ1) is 12.7. The number of aromatic nitrogens is 1. The fourth-order valence-corrected chi connectivity index (χ4v) is 2.11. The largest absolute Gasteiger partial charge is 0.449 e. The fourth-order valence-electron chi connectivity index (χ4n) is 1.52. The van der Waals surface area contributed by atoms with E-state index in [-0.39, 0.29) is 5.76 Å². The van der Waals surface area contributed by atoms with Crippen LogP contribution >= 0.6 is 23.2 Å². The summed E-state index contributed by atoms with van der Waals surface area (Å²) >= 11 is 11.8. The Labute approximate surface area is 114 Å². The highest BCUT2D eigenvalue weighted by Crippen LogP contribution is 2.26. The van der Waals surface area contributed by atoms with E-state index in [1.54, 1.807) is 18.2 Å². The third-order valence-electron chi connectivity index (χ3n) is 2.35. The van der Waals surface area contributed by atoms with Gasteiger partial charge in [0.15, 0.2) is 5.15 Å². The van der Waals surface area contributed by atoms with E-state index in [0.29, 0.717) is 28.3 Å². The van der Waals surface area contributed by atoms with Gasteiger partial charge in [-0.15, -0.1) is 0 Å². The zero-order chi connectivity index (χ0) is 13.1. The summed E-state index contributed by atoms with van der Waals surface area (Å²) in [5.41, 5.74) is 1.60. The zero-order valence-corrected chi connectivity index (χ0v) is 11.0. The van der Waals surface area contributed by atoms with Crippen molar-refractivity contribution in [2.45, 2.75) is 13.5 Å². The molecule has 2 aromatic heterocycles. The molecular formula is C12H9Cl2N3O. The number of pyridine rings is 1. The van der Waals surface area contributed by atoms with Crippen molar-refractivity contribution in [1.82, 2.24) is 4.98 Å².